The van der Waals surface area contributed by atoms with Gasteiger partial charge in [-0.3, -0.25) is 4.79 Å². The highest BCUT2D eigenvalue weighted by Crippen LogP contribution is 2.37. The first-order valence-corrected chi connectivity index (χ1v) is 8.33. The Hall–Kier alpha value is -1.51. The third-order valence-electron chi connectivity index (χ3n) is 4.68. The van der Waals surface area contributed by atoms with E-state index in [1.165, 1.54) is 12.8 Å². The van der Waals surface area contributed by atoms with E-state index in [1.54, 1.807) is 0 Å². The Morgan fingerprint density at radius 3 is 2.50 bits per heavy atom. The Morgan fingerprint density at radius 1 is 1.23 bits per heavy atom. The van der Waals surface area contributed by atoms with E-state index < -0.39 is 0 Å². The summed E-state index contributed by atoms with van der Waals surface area (Å²) in [7, 11) is 0. The van der Waals surface area contributed by atoms with Crippen LogP contribution in [0.2, 0.25) is 0 Å². The Bertz CT molecular complexity index is 496. The van der Waals surface area contributed by atoms with Gasteiger partial charge in [-0.25, -0.2) is 0 Å². The predicted octanol–water partition coefficient (Wildman–Crippen LogP) is 4.09. The maximum absolute atomic E-state index is 12.0. The molecule has 1 aromatic rings. The number of aryl methyl sites for hydroxylation is 1. The normalized spacial score (nSPS) is 22.2. The second kappa shape index (κ2) is 7.17. The Labute approximate surface area is 134 Å². The summed E-state index contributed by atoms with van der Waals surface area (Å²) in [6.07, 6.45) is 4.57. The molecule has 1 amide bonds. The fourth-order valence-electron chi connectivity index (χ4n) is 3.23. The maximum Gasteiger partial charge on any atom is 0.258 e. The minimum atomic E-state index is -0.0132. The lowest BCUT2D eigenvalue weighted by Crippen LogP contribution is -2.41. The number of rotatable bonds is 4. The average Bonchev–Trinajstić information content (AvgIpc) is 2.45. The molecule has 1 saturated carbocycles. The molecule has 0 unspecified atom stereocenters. The molecule has 0 atom stereocenters. The summed E-state index contributed by atoms with van der Waals surface area (Å²) < 4.78 is 5.55. The lowest BCUT2D eigenvalue weighted by molar-refractivity contribution is -0.124. The molecule has 0 spiro atoms. The van der Waals surface area contributed by atoms with Crippen molar-refractivity contribution in [3.8, 4) is 5.75 Å². The molecule has 1 aliphatic carbocycles. The molecule has 0 aromatic heterocycles. The van der Waals surface area contributed by atoms with Gasteiger partial charge in [-0.1, -0.05) is 32.9 Å². The number of amides is 1. The van der Waals surface area contributed by atoms with Crippen molar-refractivity contribution >= 4 is 5.91 Å². The summed E-state index contributed by atoms with van der Waals surface area (Å²) in [5, 5.41) is 3.11. The number of ether oxygens (including phenoxy) is 1. The SMILES string of the molecule is Cc1cccc(OCC(=O)NC2CCC(C(C)(C)C)CC2)c1. The Morgan fingerprint density at radius 2 is 1.91 bits per heavy atom. The summed E-state index contributed by atoms with van der Waals surface area (Å²) in [5.41, 5.74) is 1.52. The van der Waals surface area contributed by atoms with Gasteiger partial charge >= 0.3 is 0 Å². The van der Waals surface area contributed by atoms with Crippen LogP contribution < -0.4 is 10.1 Å². The molecule has 0 bridgehead atoms. The highest BCUT2D eigenvalue weighted by molar-refractivity contribution is 5.77. The molecular formula is C19H29NO2. The first kappa shape index (κ1) is 16.9. The molecular weight excluding hydrogens is 274 g/mol. The molecule has 22 heavy (non-hydrogen) atoms. The van der Waals surface area contributed by atoms with Crippen molar-refractivity contribution in [2.75, 3.05) is 6.61 Å². The molecule has 1 aromatic carbocycles. The number of nitrogens with one attached hydrogen (secondary N) is 1. The molecule has 1 fully saturated rings. The van der Waals surface area contributed by atoms with Crippen molar-refractivity contribution in [3.63, 3.8) is 0 Å². The molecule has 1 N–H and O–H groups in total. The second-order valence-corrected chi connectivity index (χ2v) is 7.59. The van der Waals surface area contributed by atoms with Crippen LogP contribution in [0.15, 0.2) is 24.3 Å². The zero-order valence-corrected chi connectivity index (χ0v) is 14.3. The number of carbonyl (C=O) groups excluding carboxylic acids is 1. The summed E-state index contributed by atoms with van der Waals surface area (Å²) >= 11 is 0. The number of benzene rings is 1. The molecule has 3 heteroatoms. The van der Waals surface area contributed by atoms with Crippen LogP contribution in [0.5, 0.6) is 5.75 Å². The summed E-state index contributed by atoms with van der Waals surface area (Å²) in [5.74, 6) is 1.51. The number of hydrogen-bond donors (Lipinski definition) is 1. The standard InChI is InChI=1S/C19H29NO2/c1-14-6-5-7-17(12-14)22-13-18(21)20-16-10-8-15(9-11-16)19(2,3)4/h5-7,12,15-16H,8-11,13H2,1-4H3,(H,20,21). The number of carbonyl (C=O) groups is 1. The van der Waals surface area contributed by atoms with Gasteiger partial charge in [0.25, 0.3) is 5.91 Å². The summed E-state index contributed by atoms with van der Waals surface area (Å²) in [4.78, 5) is 12.0. The van der Waals surface area contributed by atoms with Gasteiger partial charge in [0, 0.05) is 6.04 Å². The van der Waals surface area contributed by atoms with Crippen LogP contribution in [0.25, 0.3) is 0 Å². The van der Waals surface area contributed by atoms with E-state index in [0.29, 0.717) is 11.5 Å². The first-order chi connectivity index (χ1) is 10.3. The monoisotopic (exact) mass is 303 g/mol. The van der Waals surface area contributed by atoms with Crippen LogP contribution >= 0.6 is 0 Å². The summed E-state index contributed by atoms with van der Waals surface area (Å²) in [6, 6.07) is 8.10. The Balaban J connectivity index is 1.72. The van der Waals surface area contributed by atoms with E-state index in [2.05, 4.69) is 26.1 Å². The molecule has 122 valence electrons. The highest BCUT2D eigenvalue weighted by atomic mass is 16.5. The molecule has 2 rings (SSSR count). The molecule has 0 heterocycles. The van der Waals surface area contributed by atoms with Gasteiger partial charge in [0.15, 0.2) is 6.61 Å². The van der Waals surface area contributed by atoms with E-state index in [4.69, 9.17) is 4.74 Å². The minimum absolute atomic E-state index is 0.0132. The lowest BCUT2D eigenvalue weighted by atomic mass is 9.71. The third kappa shape index (κ3) is 5.04. The topological polar surface area (TPSA) is 38.3 Å². The predicted molar refractivity (Wildman–Crippen MR) is 90.0 cm³/mol. The summed E-state index contributed by atoms with van der Waals surface area (Å²) in [6.45, 7) is 9.05. The molecule has 0 radical (unpaired) electrons. The van der Waals surface area contributed by atoms with E-state index in [-0.39, 0.29) is 12.5 Å². The molecule has 1 aliphatic rings. The van der Waals surface area contributed by atoms with Gasteiger partial charge in [-0.15, -0.1) is 0 Å². The molecule has 3 nitrogen and oxygen atoms in total. The quantitative estimate of drug-likeness (QED) is 0.909. The van der Waals surface area contributed by atoms with Crippen LogP contribution in [0.4, 0.5) is 0 Å². The van der Waals surface area contributed by atoms with E-state index in [1.807, 2.05) is 31.2 Å². The zero-order valence-electron chi connectivity index (χ0n) is 14.3. The first-order valence-electron chi connectivity index (χ1n) is 8.33. The van der Waals surface area contributed by atoms with Crippen LogP contribution in [-0.2, 0) is 4.79 Å². The lowest BCUT2D eigenvalue weighted by Gasteiger charge is -2.37. The van der Waals surface area contributed by atoms with Gasteiger partial charge in [0.05, 0.1) is 0 Å². The Kier molecular flexibility index (Phi) is 5.49. The third-order valence-corrected chi connectivity index (χ3v) is 4.68. The largest absolute Gasteiger partial charge is 0.484 e. The van der Waals surface area contributed by atoms with Crippen LogP contribution in [-0.4, -0.2) is 18.6 Å². The average molecular weight is 303 g/mol. The van der Waals surface area contributed by atoms with Gasteiger partial charge in [-0.2, -0.15) is 0 Å². The van der Waals surface area contributed by atoms with Crippen LogP contribution in [0, 0.1) is 18.3 Å². The number of hydrogen-bond acceptors (Lipinski definition) is 2. The van der Waals surface area contributed by atoms with Crippen molar-refractivity contribution in [2.24, 2.45) is 11.3 Å². The van der Waals surface area contributed by atoms with Crippen molar-refractivity contribution in [1.82, 2.24) is 5.32 Å². The van der Waals surface area contributed by atoms with E-state index >= 15 is 0 Å². The highest BCUT2D eigenvalue weighted by Gasteiger charge is 2.30. The van der Waals surface area contributed by atoms with E-state index in [9.17, 15) is 4.79 Å². The van der Waals surface area contributed by atoms with Gasteiger partial charge in [0.1, 0.15) is 5.75 Å². The van der Waals surface area contributed by atoms with E-state index in [0.717, 1.165) is 30.1 Å². The van der Waals surface area contributed by atoms with Crippen LogP contribution in [0.3, 0.4) is 0 Å². The second-order valence-electron chi connectivity index (χ2n) is 7.59. The molecule has 0 saturated heterocycles. The van der Waals surface area contributed by atoms with Crippen molar-refractivity contribution in [2.45, 2.75) is 59.4 Å². The van der Waals surface area contributed by atoms with Crippen molar-refractivity contribution in [3.05, 3.63) is 29.8 Å². The van der Waals surface area contributed by atoms with Gasteiger partial charge < -0.3 is 10.1 Å². The molecule has 0 aliphatic heterocycles. The zero-order chi connectivity index (χ0) is 16.2. The fraction of sp³-hybridized carbons (Fsp3) is 0.632. The van der Waals surface area contributed by atoms with Gasteiger partial charge in [0.2, 0.25) is 0 Å². The van der Waals surface area contributed by atoms with Crippen molar-refractivity contribution < 1.29 is 9.53 Å². The maximum atomic E-state index is 12.0. The fourth-order valence-corrected chi connectivity index (χ4v) is 3.23. The van der Waals surface area contributed by atoms with Gasteiger partial charge in [-0.05, 0) is 61.6 Å². The smallest absolute Gasteiger partial charge is 0.258 e. The van der Waals surface area contributed by atoms with Crippen molar-refractivity contribution in [1.29, 1.82) is 0 Å². The minimum Gasteiger partial charge on any atom is -0.484 e. The van der Waals surface area contributed by atoms with Crippen LogP contribution in [0.1, 0.15) is 52.0 Å².